The Morgan fingerprint density at radius 1 is 1.29 bits per heavy atom. The number of ether oxygens (including phenoxy) is 1. The van der Waals surface area contributed by atoms with Crippen LogP contribution in [0.25, 0.3) is 0 Å². The summed E-state index contributed by atoms with van der Waals surface area (Å²) in [6.07, 6.45) is 0. The van der Waals surface area contributed by atoms with Crippen LogP contribution in [0.1, 0.15) is 29.7 Å². The second-order valence-corrected chi connectivity index (χ2v) is 5.27. The second kappa shape index (κ2) is 6.92. The van der Waals surface area contributed by atoms with Gasteiger partial charge in [-0.15, -0.1) is 0 Å². The monoisotopic (exact) mass is 307 g/mol. The van der Waals surface area contributed by atoms with E-state index in [1.807, 2.05) is 32.0 Å². The lowest BCUT2D eigenvalue weighted by atomic mass is 9.96. The normalized spacial score (nSPS) is 12.2. The Labute approximate surface area is 129 Å². The highest BCUT2D eigenvalue weighted by Gasteiger charge is 2.19. The van der Waals surface area contributed by atoms with Gasteiger partial charge < -0.3 is 10.1 Å². The van der Waals surface area contributed by atoms with E-state index in [1.54, 1.807) is 18.2 Å². The minimum atomic E-state index is -0.335. The van der Waals surface area contributed by atoms with Gasteiger partial charge in [-0.3, -0.25) is 0 Å². The van der Waals surface area contributed by atoms with Crippen molar-refractivity contribution in [1.82, 2.24) is 5.32 Å². The predicted molar refractivity (Wildman–Crippen MR) is 84.7 cm³/mol. The van der Waals surface area contributed by atoms with Gasteiger partial charge in [-0.2, -0.15) is 0 Å². The van der Waals surface area contributed by atoms with E-state index in [9.17, 15) is 4.39 Å². The van der Waals surface area contributed by atoms with Crippen LogP contribution in [0.5, 0.6) is 5.75 Å². The summed E-state index contributed by atoms with van der Waals surface area (Å²) in [4.78, 5) is 0. The standard InChI is InChI=1S/C17H19ClFNO/c1-4-20-17(12-8-9-14(18)11(2)10-12)13-6-5-7-15(21-3)16(13)19/h5-10,17,20H,4H2,1-3H3. The quantitative estimate of drug-likeness (QED) is 0.878. The second-order valence-electron chi connectivity index (χ2n) is 4.86. The van der Waals surface area contributed by atoms with Crippen LogP contribution in [-0.2, 0) is 0 Å². The summed E-state index contributed by atoms with van der Waals surface area (Å²) < 4.78 is 19.6. The van der Waals surface area contributed by atoms with Gasteiger partial charge in [0.1, 0.15) is 0 Å². The van der Waals surface area contributed by atoms with Crippen LogP contribution in [0, 0.1) is 12.7 Å². The van der Waals surface area contributed by atoms with Crippen LogP contribution in [-0.4, -0.2) is 13.7 Å². The fourth-order valence-electron chi connectivity index (χ4n) is 2.37. The molecule has 21 heavy (non-hydrogen) atoms. The summed E-state index contributed by atoms with van der Waals surface area (Å²) in [7, 11) is 1.47. The molecule has 1 unspecified atom stereocenters. The summed E-state index contributed by atoms with van der Waals surface area (Å²) in [5.74, 6) is -0.0837. The van der Waals surface area contributed by atoms with Crippen molar-refractivity contribution in [1.29, 1.82) is 0 Å². The van der Waals surface area contributed by atoms with E-state index in [-0.39, 0.29) is 17.6 Å². The van der Waals surface area contributed by atoms with Gasteiger partial charge in [-0.25, -0.2) is 4.39 Å². The van der Waals surface area contributed by atoms with Crippen molar-refractivity contribution >= 4 is 11.6 Å². The Balaban J connectivity index is 2.50. The Morgan fingerprint density at radius 2 is 2.05 bits per heavy atom. The summed E-state index contributed by atoms with van der Waals surface area (Å²) >= 11 is 6.07. The fourth-order valence-corrected chi connectivity index (χ4v) is 2.48. The highest BCUT2D eigenvalue weighted by molar-refractivity contribution is 6.31. The van der Waals surface area contributed by atoms with Crippen molar-refractivity contribution < 1.29 is 9.13 Å². The van der Waals surface area contributed by atoms with Crippen molar-refractivity contribution in [3.05, 3.63) is 63.9 Å². The molecule has 2 aromatic carbocycles. The van der Waals surface area contributed by atoms with E-state index in [0.717, 1.165) is 17.7 Å². The fraction of sp³-hybridized carbons (Fsp3) is 0.294. The van der Waals surface area contributed by atoms with E-state index in [0.29, 0.717) is 10.6 Å². The molecular formula is C17H19ClFNO. The maximum absolute atomic E-state index is 14.5. The molecule has 0 saturated carbocycles. The highest BCUT2D eigenvalue weighted by atomic mass is 35.5. The van der Waals surface area contributed by atoms with Crippen LogP contribution in [0.2, 0.25) is 5.02 Å². The molecule has 0 amide bonds. The first kappa shape index (κ1) is 15.8. The molecule has 2 nitrogen and oxygen atoms in total. The van der Waals surface area contributed by atoms with Crippen LogP contribution in [0.15, 0.2) is 36.4 Å². The third kappa shape index (κ3) is 3.36. The van der Waals surface area contributed by atoms with E-state index in [1.165, 1.54) is 7.11 Å². The average molecular weight is 308 g/mol. The van der Waals surface area contributed by atoms with Crippen molar-refractivity contribution in [3.63, 3.8) is 0 Å². The molecule has 0 aliphatic carbocycles. The van der Waals surface area contributed by atoms with Crippen LogP contribution < -0.4 is 10.1 Å². The Kier molecular flexibility index (Phi) is 5.21. The molecule has 0 fully saturated rings. The molecule has 4 heteroatoms. The number of methoxy groups -OCH3 is 1. The number of benzene rings is 2. The first-order valence-corrected chi connectivity index (χ1v) is 7.28. The molecule has 1 N–H and O–H groups in total. The van der Waals surface area contributed by atoms with Crippen molar-refractivity contribution in [2.24, 2.45) is 0 Å². The number of hydrogen-bond acceptors (Lipinski definition) is 2. The van der Waals surface area contributed by atoms with Gasteiger partial charge in [0.2, 0.25) is 0 Å². The van der Waals surface area contributed by atoms with Crippen molar-refractivity contribution in [2.75, 3.05) is 13.7 Å². The van der Waals surface area contributed by atoms with Crippen LogP contribution >= 0.6 is 11.6 Å². The number of hydrogen-bond donors (Lipinski definition) is 1. The van der Waals surface area contributed by atoms with Crippen LogP contribution in [0.3, 0.4) is 0 Å². The minimum absolute atomic E-state index is 0.235. The smallest absolute Gasteiger partial charge is 0.170 e. The van der Waals surface area contributed by atoms with E-state index in [2.05, 4.69) is 5.32 Å². The van der Waals surface area contributed by atoms with E-state index in [4.69, 9.17) is 16.3 Å². The molecule has 112 valence electrons. The largest absolute Gasteiger partial charge is 0.494 e. The molecule has 0 heterocycles. The molecular weight excluding hydrogens is 289 g/mol. The molecule has 1 atom stereocenters. The van der Waals surface area contributed by atoms with Gasteiger partial charge >= 0.3 is 0 Å². The van der Waals surface area contributed by atoms with Gasteiger partial charge in [0.25, 0.3) is 0 Å². The summed E-state index contributed by atoms with van der Waals surface area (Å²) in [6.45, 7) is 4.66. The summed E-state index contributed by atoms with van der Waals surface area (Å²) in [5.41, 5.74) is 2.52. The lowest BCUT2D eigenvalue weighted by Gasteiger charge is -2.21. The Morgan fingerprint density at radius 3 is 2.67 bits per heavy atom. The number of aryl methyl sites for hydroxylation is 1. The molecule has 0 radical (unpaired) electrons. The molecule has 0 aliphatic heterocycles. The zero-order chi connectivity index (χ0) is 15.4. The SMILES string of the molecule is CCNC(c1ccc(Cl)c(C)c1)c1cccc(OC)c1F. The van der Waals surface area contributed by atoms with Gasteiger partial charge in [0.15, 0.2) is 11.6 Å². The van der Waals surface area contributed by atoms with E-state index >= 15 is 0 Å². The zero-order valence-corrected chi connectivity index (χ0v) is 13.2. The third-order valence-electron chi connectivity index (χ3n) is 3.45. The van der Waals surface area contributed by atoms with Gasteiger partial charge in [-0.1, -0.05) is 42.8 Å². The predicted octanol–water partition coefficient (Wildman–Crippen LogP) is 4.50. The van der Waals surface area contributed by atoms with Crippen molar-refractivity contribution in [3.8, 4) is 5.75 Å². The van der Waals surface area contributed by atoms with Crippen LogP contribution in [0.4, 0.5) is 4.39 Å². The lowest BCUT2D eigenvalue weighted by Crippen LogP contribution is -2.23. The molecule has 0 aliphatic rings. The highest BCUT2D eigenvalue weighted by Crippen LogP contribution is 2.30. The third-order valence-corrected chi connectivity index (χ3v) is 3.87. The van der Waals surface area contributed by atoms with Gasteiger partial charge in [-0.05, 0) is 36.7 Å². The molecule has 2 aromatic rings. The molecule has 0 saturated heterocycles. The summed E-state index contributed by atoms with van der Waals surface area (Å²) in [5, 5.41) is 4.02. The topological polar surface area (TPSA) is 21.3 Å². The maximum Gasteiger partial charge on any atom is 0.170 e. The Bertz CT molecular complexity index is 630. The number of halogens is 2. The first-order chi connectivity index (χ1) is 10.1. The molecule has 0 spiro atoms. The van der Waals surface area contributed by atoms with Crippen molar-refractivity contribution in [2.45, 2.75) is 19.9 Å². The summed E-state index contributed by atoms with van der Waals surface area (Å²) in [6, 6.07) is 10.7. The van der Waals surface area contributed by atoms with E-state index < -0.39 is 0 Å². The molecule has 0 bridgehead atoms. The first-order valence-electron chi connectivity index (χ1n) is 6.90. The maximum atomic E-state index is 14.5. The lowest BCUT2D eigenvalue weighted by molar-refractivity contribution is 0.381. The zero-order valence-electron chi connectivity index (χ0n) is 12.4. The average Bonchev–Trinajstić information content (AvgIpc) is 2.48. The Hall–Kier alpha value is -1.58. The molecule has 0 aromatic heterocycles. The number of nitrogens with one attached hydrogen (secondary N) is 1. The van der Waals surface area contributed by atoms with Gasteiger partial charge in [0, 0.05) is 10.6 Å². The van der Waals surface area contributed by atoms with Gasteiger partial charge in [0.05, 0.1) is 13.2 Å². The molecule has 2 rings (SSSR count). The number of rotatable bonds is 5. The minimum Gasteiger partial charge on any atom is -0.494 e.